The molecule has 1 aliphatic carbocycles. The van der Waals surface area contributed by atoms with Gasteiger partial charge in [0.1, 0.15) is 12.4 Å². The molecule has 18 heavy (non-hydrogen) atoms. The first-order valence-corrected chi connectivity index (χ1v) is 6.56. The van der Waals surface area contributed by atoms with Crippen LogP contribution in [0.1, 0.15) is 19.3 Å². The summed E-state index contributed by atoms with van der Waals surface area (Å²) in [7, 11) is 0. The molecular formula is C14H21N3O. The van der Waals surface area contributed by atoms with Crippen molar-refractivity contribution in [3.8, 4) is 5.75 Å². The standard InChI is InChI=1S/C14H21N3O/c15-14(17-11-12-5-4-6-12)16-9-10-18-13-7-2-1-3-8-13/h1-3,7-8,12H,4-6,9-11H2,(H3,15,16,17). The highest BCUT2D eigenvalue weighted by molar-refractivity contribution is 5.77. The van der Waals surface area contributed by atoms with E-state index in [9.17, 15) is 0 Å². The number of nitrogens with zero attached hydrogens (tertiary/aromatic N) is 1. The van der Waals surface area contributed by atoms with Crippen molar-refractivity contribution in [3.63, 3.8) is 0 Å². The lowest BCUT2D eigenvalue weighted by molar-refractivity contribution is 0.320. The summed E-state index contributed by atoms with van der Waals surface area (Å²) < 4.78 is 5.54. The first-order valence-electron chi connectivity index (χ1n) is 6.56. The molecule has 4 heteroatoms. The lowest BCUT2D eigenvalue weighted by Gasteiger charge is -2.23. The van der Waals surface area contributed by atoms with Crippen LogP contribution >= 0.6 is 0 Å². The number of ether oxygens (including phenoxy) is 1. The number of nitrogens with two attached hydrogens (primary N) is 1. The van der Waals surface area contributed by atoms with Gasteiger partial charge in [-0.25, -0.2) is 0 Å². The Bertz CT molecular complexity index is 374. The molecular weight excluding hydrogens is 226 g/mol. The number of para-hydroxylation sites is 1. The van der Waals surface area contributed by atoms with Gasteiger partial charge in [-0.05, 0) is 30.9 Å². The molecule has 1 saturated carbocycles. The number of guanidine groups is 1. The number of aliphatic imine (C=N–C) groups is 1. The van der Waals surface area contributed by atoms with Crippen LogP contribution in [0.5, 0.6) is 5.75 Å². The average molecular weight is 247 g/mol. The Kier molecular flexibility index (Phi) is 4.88. The normalized spacial score (nSPS) is 16.1. The van der Waals surface area contributed by atoms with Gasteiger partial charge in [-0.2, -0.15) is 0 Å². The van der Waals surface area contributed by atoms with E-state index < -0.39 is 0 Å². The second-order valence-corrected chi connectivity index (χ2v) is 4.61. The second kappa shape index (κ2) is 6.89. The summed E-state index contributed by atoms with van der Waals surface area (Å²) >= 11 is 0. The number of hydrogen-bond acceptors (Lipinski definition) is 2. The summed E-state index contributed by atoms with van der Waals surface area (Å²) in [5.74, 6) is 2.16. The average Bonchev–Trinajstić information content (AvgIpc) is 2.34. The lowest BCUT2D eigenvalue weighted by atomic mass is 9.86. The zero-order valence-electron chi connectivity index (χ0n) is 10.6. The third-order valence-corrected chi connectivity index (χ3v) is 3.16. The van der Waals surface area contributed by atoms with Crippen LogP contribution < -0.4 is 15.8 Å². The Labute approximate surface area is 108 Å². The van der Waals surface area contributed by atoms with Crippen LogP contribution in [0.4, 0.5) is 0 Å². The molecule has 0 aromatic heterocycles. The summed E-state index contributed by atoms with van der Waals surface area (Å²) in [6.07, 6.45) is 3.94. The van der Waals surface area contributed by atoms with Crippen molar-refractivity contribution in [2.75, 3.05) is 19.7 Å². The van der Waals surface area contributed by atoms with Gasteiger partial charge in [-0.1, -0.05) is 24.6 Å². The van der Waals surface area contributed by atoms with Crippen LogP contribution in [-0.2, 0) is 0 Å². The summed E-state index contributed by atoms with van der Waals surface area (Å²) in [4.78, 5) is 4.32. The predicted molar refractivity (Wildman–Crippen MR) is 73.8 cm³/mol. The quantitative estimate of drug-likeness (QED) is 0.457. The summed E-state index contributed by atoms with van der Waals surface area (Å²) in [5.41, 5.74) is 5.76. The van der Waals surface area contributed by atoms with E-state index in [1.54, 1.807) is 0 Å². The molecule has 0 heterocycles. The van der Waals surface area contributed by atoms with E-state index >= 15 is 0 Å². The van der Waals surface area contributed by atoms with Gasteiger partial charge < -0.3 is 15.8 Å². The number of benzene rings is 1. The highest BCUT2D eigenvalue weighted by Crippen LogP contribution is 2.26. The maximum Gasteiger partial charge on any atom is 0.188 e. The van der Waals surface area contributed by atoms with E-state index in [0.29, 0.717) is 19.1 Å². The summed E-state index contributed by atoms with van der Waals surface area (Å²) in [6, 6.07) is 9.76. The fourth-order valence-electron chi connectivity index (χ4n) is 1.82. The van der Waals surface area contributed by atoms with Crippen molar-refractivity contribution in [3.05, 3.63) is 30.3 Å². The third kappa shape index (κ3) is 4.28. The van der Waals surface area contributed by atoms with Gasteiger partial charge in [0.25, 0.3) is 0 Å². The van der Waals surface area contributed by atoms with Crippen molar-refractivity contribution in [2.45, 2.75) is 19.3 Å². The zero-order chi connectivity index (χ0) is 12.6. The first-order chi connectivity index (χ1) is 8.84. The van der Waals surface area contributed by atoms with Crippen LogP contribution in [0.3, 0.4) is 0 Å². The predicted octanol–water partition coefficient (Wildman–Crippen LogP) is 1.77. The molecule has 0 amide bonds. The molecule has 0 radical (unpaired) electrons. The molecule has 0 atom stereocenters. The second-order valence-electron chi connectivity index (χ2n) is 4.61. The minimum atomic E-state index is 0.526. The van der Waals surface area contributed by atoms with Crippen LogP contribution in [0.15, 0.2) is 35.3 Å². The van der Waals surface area contributed by atoms with E-state index in [0.717, 1.165) is 18.2 Å². The first kappa shape index (κ1) is 12.7. The van der Waals surface area contributed by atoms with Gasteiger partial charge >= 0.3 is 0 Å². The molecule has 0 aliphatic heterocycles. The van der Waals surface area contributed by atoms with E-state index in [4.69, 9.17) is 10.5 Å². The molecule has 0 unspecified atom stereocenters. The van der Waals surface area contributed by atoms with Crippen LogP contribution in [0.25, 0.3) is 0 Å². The van der Waals surface area contributed by atoms with Gasteiger partial charge in [0.05, 0.1) is 6.54 Å². The maximum atomic E-state index is 5.76. The minimum absolute atomic E-state index is 0.526. The van der Waals surface area contributed by atoms with E-state index in [1.807, 2.05) is 30.3 Å². The smallest absolute Gasteiger partial charge is 0.188 e. The molecule has 0 bridgehead atoms. The summed E-state index contributed by atoms with van der Waals surface area (Å²) in [5, 5.41) is 3.06. The molecule has 2 rings (SSSR count). The van der Waals surface area contributed by atoms with Crippen LogP contribution in [-0.4, -0.2) is 25.7 Å². The van der Waals surface area contributed by atoms with Crippen molar-refractivity contribution >= 4 is 5.96 Å². The highest BCUT2D eigenvalue weighted by Gasteiger charge is 2.16. The van der Waals surface area contributed by atoms with Crippen molar-refractivity contribution in [1.82, 2.24) is 5.32 Å². The van der Waals surface area contributed by atoms with Crippen molar-refractivity contribution in [2.24, 2.45) is 16.6 Å². The maximum absolute atomic E-state index is 5.76. The molecule has 1 aliphatic rings. The van der Waals surface area contributed by atoms with Gasteiger partial charge in [-0.15, -0.1) is 0 Å². The molecule has 1 fully saturated rings. The molecule has 0 saturated heterocycles. The van der Waals surface area contributed by atoms with Crippen LogP contribution in [0, 0.1) is 5.92 Å². The number of rotatable bonds is 6. The van der Waals surface area contributed by atoms with Gasteiger partial charge in [0, 0.05) is 6.54 Å². The Balaban J connectivity index is 1.57. The monoisotopic (exact) mass is 247 g/mol. The van der Waals surface area contributed by atoms with Gasteiger partial charge in [0.2, 0.25) is 0 Å². The fraction of sp³-hybridized carbons (Fsp3) is 0.500. The van der Waals surface area contributed by atoms with Gasteiger partial charge in [0.15, 0.2) is 5.96 Å². The minimum Gasteiger partial charge on any atom is -0.492 e. The fourth-order valence-corrected chi connectivity index (χ4v) is 1.82. The highest BCUT2D eigenvalue weighted by atomic mass is 16.5. The van der Waals surface area contributed by atoms with E-state index in [-0.39, 0.29) is 0 Å². The number of nitrogens with one attached hydrogen (secondary N) is 1. The molecule has 4 nitrogen and oxygen atoms in total. The summed E-state index contributed by atoms with van der Waals surface area (Å²) in [6.45, 7) is 2.12. The van der Waals surface area contributed by atoms with E-state index in [2.05, 4.69) is 10.3 Å². The lowest BCUT2D eigenvalue weighted by Crippen LogP contribution is -2.35. The molecule has 3 N–H and O–H groups in total. The Hall–Kier alpha value is -1.71. The van der Waals surface area contributed by atoms with E-state index in [1.165, 1.54) is 19.3 Å². The van der Waals surface area contributed by atoms with Crippen LogP contribution in [0.2, 0.25) is 0 Å². The third-order valence-electron chi connectivity index (χ3n) is 3.16. The molecule has 1 aromatic carbocycles. The SMILES string of the molecule is NC(=NCC1CCC1)NCCOc1ccccc1. The Morgan fingerprint density at radius 3 is 2.78 bits per heavy atom. The molecule has 0 spiro atoms. The number of hydrogen-bond donors (Lipinski definition) is 2. The van der Waals surface area contributed by atoms with Gasteiger partial charge in [-0.3, -0.25) is 4.99 Å². The zero-order valence-corrected chi connectivity index (χ0v) is 10.6. The Morgan fingerprint density at radius 1 is 1.33 bits per heavy atom. The molecule has 98 valence electrons. The van der Waals surface area contributed by atoms with Crippen molar-refractivity contribution < 1.29 is 4.74 Å². The Morgan fingerprint density at radius 2 is 2.11 bits per heavy atom. The molecule has 1 aromatic rings. The largest absolute Gasteiger partial charge is 0.492 e. The van der Waals surface area contributed by atoms with Crippen molar-refractivity contribution in [1.29, 1.82) is 0 Å². The topological polar surface area (TPSA) is 59.6 Å².